The molecule has 0 spiro atoms. The fourth-order valence-corrected chi connectivity index (χ4v) is 3.19. The van der Waals surface area contributed by atoms with E-state index in [0.29, 0.717) is 29.8 Å². The van der Waals surface area contributed by atoms with Crippen LogP contribution in [0.25, 0.3) is 0 Å². The molecule has 2 aromatic rings. The van der Waals surface area contributed by atoms with Crippen molar-refractivity contribution in [2.45, 2.75) is 39.7 Å². The third kappa shape index (κ3) is 6.15. The number of ether oxygens (including phenoxy) is 2. The number of rotatable bonds is 9. The summed E-state index contributed by atoms with van der Waals surface area (Å²) in [6.45, 7) is 9.12. The minimum Gasteiger partial charge on any atom is -0.493 e. The molecule has 0 bridgehead atoms. The van der Waals surface area contributed by atoms with Gasteiger partial charge < -0.3 is 29.6 Å². The molecule has 1 unspecified atom stereocenters. The lowest BCUT2D eigenvalue weighted by Gasteiger charge is -2.21. The number of aliphatic imine (C=N–C) groups is 1. The Bertz CT molecular complexity index is 827. The summed E-state index contributed by atoms with van der Waals surface area (Å²) in [6.07, 6.45) is 0.793. The molecule has 0 radical (unpaired) electrons. The maximum atomic E-state index is 10.9. The SMILES string of the molecule is CCNC(=NCC(C)(O)c1cc(C)oc1C)NCCc1ccc(OC)c(OC)c1. The van der Waals surface area contributed by atoms with Crippen LogP contribution in [0.1, 0.15) is 36.5 Å². The van der Waals surface area contributed by atoms with E-state index in [0.717, 1.165) is 29.9 Å². The smallest absolute Gasteiger partial charge is 0.191 e. The first kappa shape index (κ1) is 22.6. The molecule has 0 aliphatic heterocycles. The Balaban J connectivity index is 2.00. The van der Waals surface area contributed by atoms with Gasteiger partial charge in [0.1, 0.15) is 17.1 Å². The Labute approximate surface area is 173 Å². The quantitative estimate of drug-likeness (QED) is 0.441. The predicted molar refractivity (Wildman–Crippen MR) is 115 cm³/mol. The summed E-state index contributed by atoms with van der Waals surface area (Å²) in [7, 11) is 3.25. The van der Waals surface area contributed by atoms with Gasteiger partial charge in [0.2, 0.25) is 0 Å². The minimum absolute atomic E-state index is 0.221. The fourth-order valence-electron chi connectivity index (χ4n) is 3.19. The van der Waals surface area contributed by atoms with Crippen LogP contribution in [0.2, 0.25) is 0 Å². The van der Waals surface area contributed by atoms with Crippen molar-refractivity contribution in [3.63, 3.8) is 0 Å². The monoisotopic (exact) mass is 403 g/mol. The summed E-state index contributed by atoms with van der Waals surface area (Å²) in [5.41, 5.74) is 0.788. The molecule has 7 nitrogen and oxygen atoms in total. The van der Waals surface area contributed by atoms with Crippen LogP contribution >= 0.6 is 0 Å². The van der Waals surface area contributed by atoms with Gasteiger partial charge >= 0.3 is 0 Å². The predicted octanol–water partition coefficient (Wildman–Crippen LogP) is 2.92. The summed E-state index contributed by atoms with van der Waals surface area (Å²) in [5, 5.41) is 17.4. The van der Waals surface area contributed by atoms with Gasteiger partial charge in [-0.15, -0.1) is 0 Å². The molecule has 0 saturated carbocycles. The van der Waals surface area contributed by atoms with Crippen LogP contribution in [0.5, 0.6) is 11.5 Å². The Morgan fingerprint density at radius 3 is 2.45 bits per heavy atom. The van der Waals surface area contributed by atoms with Crippen LogP contribution in [0.15, 0.2) is 33.7 Å². The molecule has 29 heavy (non-hydrogen) atoms. The number of aryl methyl sites for hydroxylation is 2. The standard InChI is InChI=1S/C22H33N3O4/c1-7-23-21(25-14-22(4,26)18-12-15(2)29-16(18)3)24-11-10-17-8-9-19(27-5)20(13-17)28-6/h8-9,12-13,26H,7,10-11,14H2,1-6H3,(H2,23,24,25). The van der Waals surface area contributed by atoms with Crippen molar-refractivity contribution >= 4 is 5.96 Å². The van der Waals surface area contributed by atoms with Crippen LogP contribution in [0.3, 0.4) is 0 Å². The lowest BCUT2D eigenvalue weighted by molar-refractivity contribution is 0.0657. The second-order valence-electron chi connectivity index (χ2n) is 7.16. The van der Waals surface area contributed by atoms with Gasteiger partial charge in [-0.05, 0) is 57.9 Å². The number of benzene rings is 1. The van der Waals surface area contributed by atoms with Gasteiger partial charge in [0.05, 0.1) is 20.8 Å². The van der Waals surface area contributed by atoms with Crippen molar-refractivity contribution < 1.29 is 19.0 Å². The van der Waals surface area contributed by atoms with Gasteiger partial charge in [0, 0.05) is 18.7 Å². The van der Waals surface area contributed by atoms with Crippen molar-refractivity contribution in [2.75, 3.05) is 33.9 Å². The van der Waals surface area contributed by atoms with Gasteiger partial charge in [-0.1, -0.05) is 6.07 Å². The molecule has 0 amide bonds. The first-order valence-electron chi connectivity index (χ1n) is 9.83. The van der Waals surface area contributed by atoms with Crippen LogP contribution in [-0.2, 0) is 12.0 Å². The van der Waals surface area contributed by atoms with Crippen LogP contribution < -0.4 is 20.1 Å². The lowest BCUT2D eigenvalue weighted by atomic mass is 9.96. The molecule has 1 aromatic carbocycles. The van der Waals surface area contributed by atoms with E-state index in [1.54, 1.807) is 21.1 Å². The van der Waals surface area contributed by atoms with Crippen molar-refractivity contribution in [1.29, 1.82) is 0 Å². The highest BCUT2D eigenvalue weighted by Gasteiger charge is 2.27. The lowest BCUT2D eigenvalue weighted by Crippen LogP contribution is -2.39. The molecule has 1 atom stereocenters. The van der Waals surface area contributed by atoms with E-state index in [1.165, 1.54) is 0 Å². The Morgan fingerprint density at radius 2 is 1.86 bits per heavy atom. The number of hydrogen-bond acceptors (Lipinski definition) is 5. The van der Waals surface area contributed by atoms with Crippen molar-refractivity contribution in [3.05, 3.63) is 46.9 Å². The average molecular weight is 404 g/mol. The van der Waals surface area contributed by atoms with E-state index in [2.05, 4.69) is 15.6 Å². The Hall–Kier alpha value is -2.67. The molecular formula is C22H33N3O4. The second-order valence-corrected chi connectivity index (χ2v) is 7.16. The summed E-state index contributed by atoms with van der Waals surface area (Å²) >= 11 is 0. The van der Waals surface area contributed by atoms with E-state index in [9.17, 15) is 5.11 Å². The number of methoxy groups -OCH3 is 2. The molecule has 2 rings (SSSR count). The molecule has 1 heterocycles. The summed E-state index contributed by atoms with van der Waals surface area (Å²) < 4.78 is 16.2. The van der Waals surface area contributed by atoms with E-state index in [4.69, 9.17) is 13.9 Å². The number of hydrogen-bond donors (Lipinski definition) is 3. The molecule has 0 fully saturated rings. The van der Waals surface area contributed by atoms with E-state index in [1.807, 2.05) is 45.0 Å². The van der Waals surface area contributed by atoms with Crippen molar-refractivity contribution in [3.8, 4) is 11.5 Å². The maximum absolute atomic E-state index is 10.9. The molecule has 3 N–H and O–H groups in total. The number of nitrogens with zero attached hydrogens (tertiary/aromatic N) is 1. The normalized spacial score (nSPS) is 13.7. The van der Waals surface area contributed by atoms with Crippen molar-refractivity contribution in [2.24, 2.45) is 4.99 Å². The van der Waals surface area contributed by atoms with Crippen LogP contribution in [0.4, 0.5) is 0 Å². The Kier molecular flexibility index (Phi) is 7.96. The summed E-state index contributed by atoms with van der Waals surface area (Å²) in [6, 6.07) is 7.75. The first-order chi connectivity index (χ1) is 13.8. The van der Waals surface area contributed by atoms with Gasteiger partial charge in [-0.3, -0.25) is 0 Å². The minimum atomic E-state index is -1.10. The highest BCUT2D eigenvalue weighted by Crippen LogP contribution is 2.28. The molecule has 7 heteroatoms. The van der Waals surface area contributed by atoms with E-state index < -0.39 is 5.60 Å². The zero-order valence-corrected chi connectivity index (χ0v) is 18.3. The number of guanidine groups is 1. The number of furan rings is 1. The van der Waals surface area contributed by atoms with Crippen molar-refractivity contribution in [1.82, 2.24) is 10.6 Å². The molecule has 160 valence electrons. The maximum Gasteiger partial charge on any atom is 0.191 e. The van der Waals surface area contributed by atoms with Gasteiger partial charge in [0.25, 0.3) is 0 Å². The largest absolute Gasteiger partial charge is 0.493 e. The third-order valence-corrected chi connectivity index (χ3v) is 4.66. The van der Waals surface area contributed by atoms with Gasteiger partial charge in [-0.2, -0.15) is 0 Å². The third-order valence-electron chi connectivity index (χ3n) is 4.66. The highest BCUT2D eigenvalue weighted by atomic mass is 16.5. The van der Waals surface area contributed by atoms with Gasteiger partial charge in [-0.25, -0.2) is 4.99 Å². The molecule has 0 saturated heterocycles. The molecule has 0 aliphatic carbocycles. The molecule has 1 aromatic heterocycles. The summed E-state index contributed by atoms with van der Waals surface area (Å²) in [4.78, 5) is 4.56. The van der Waals surface area contributed by atoms with E-state index >= 15 is 0 Å². The topological polar surface area (TPSA) is 88.3 Å². The first-order valence-corrected chi connectivity index (χ1v) is 9.83. The molecular weight excluding hydrogens is 370 g/mol. The number of nitrogens with one attached hydrogen (secondary N) is 2. The van der Waals surface area contributed by atoms with E-state index in [-0.39, 0.29) is 6.54 Å². The second kappa shape index (κ2) is 10.2. The highest BCUT2D eigenvalue weighted by molar-refractivity contribution is 5.79. The average Bonchev–Trinajstić information content (AvgIpc) is 3.05. The van der Waals surface area contributed by atoms with Crippen LogP contribution in [-0.4, -0.2) is 44.9 Å². The Morgan fingerprint density at radius 1 is 1.14 bits per heavy atom. The summed E-state index contributed by atoms with van der Waals surface area (Å²) in [5.74, 6) is 3.58. The van der Waals surface area contributed by atoms with Crippen LogP contribution in [0, 0.1) is 13.8 Å². The zero-order chi connectivity index (χ0) is 21.4. The molecule has 0 aliphatic rings. The number of aliphatic hydroxyl groups is 1. The van der Waals surface area contributed by atoms with Gasteiger partial charge in [0.15, 0.2) is 17.5 Å². The zero-order valence-electron chi connectivity index (χ0n) is 18.3. The fraction of sp³-hybridized carbons (Fsp3) is 0.500.